The van der Waals surface area contributed by atoms with E-state index >= 15 is 0 Å². The molecular weight excluding hydrogens is 456 g/mol. The monoisotopic (exact) mass is 478 g/mol. The number of fused-ring (bicyclic) bond motifs is 8. The summed E-state index contributed by atoms with van der Waals surface area (Å²) in [6, 6.07) is 29.9. The number of rotatable bonds is 2. The van der Waals surface area contributed by atoms with Gasteiger partial charge < -0.3 is 15.1 Å². The molecule has 0 amide bonds. The Balaban J connectivity index is 1.63. The number of nitrogens with one attached hydrogen (secondary N) is 2. The van der Waals surface area contributed by atoms with Crippen LogP contribution < -0.4 is 0 Å². The number of benzene rings is 2. The molecule has 2 aromatic carbocycles. The fourth-order valence-electron chi connectivity index (χ4n) is 4.91. The van der Waals surface area contributed by atoms with E-state index in [2.05, 4.69) is 58.5 Å². The van der Waals surface area contributed by atoms with Crippen molar-refractivity contribution in [1.29, 1.82) is 0 Å². The van der Waals surface area contributed by atoms with E-state index in [0.29, 0.717) is 0 Å². The Bertz CT molecular complexity index is 1870. The van der Waals surface area contributed by atoms with Crippen molar-refractivity contribution in [3.05, 3.63) is 114 Å². The highest BCUT2D eigenvalue weighted by Gasteiger charge is 2.15. The van der Waals surface area contributed by atoms with Crippen molar-refractivity contribution in [3.8, 4) is 28.0 Å². The number of H-pyrrole nitrogens is 2. The number of hydrogen-bond acceptors (Lipinski definition) is 3. The quantitative estimate of drug-likeness (QED) is 0.238. The number of nitrogens with zero attached hydrogens (tertiary/aromatic N) is 2. The summed E-state index contributed by atoms with van der Waals surface area (Å²) in [5, 5.41) is 9.91. The first kappa shape index (κ1) is 21.1. The van der Waals surface area contributed by atoms with Crippen LogP contribution in [0.3, 0.4) is 0 Å². The van der Waals surface area contributed by atoms with Gasteiger partial charge in [0.15, 0.2) is 0 Å². The predicted octanol–water partition coefficient (Wildman–Crippen LogP) is 7.70. The minimum atomic E-state index is 0.228. The largest absolute Gasteiger partial charge is 0.508 e. The molecule has 3 N–H and O–H groups in total. The Morgan fingerprint density at radius 2 is 1.05 bits per heavy atom. The topological polar surface area (TPSA) is 77.6 Å². The van der Waals surface area contributed by atoms with Crippen molar-refractivity contribution in [2.24, 2.45) is 0 Å². The number of aromatic nitrogens is 4. The Morgan fingerprint density at radius 3 is 1.62 bits per heavy atom. The summed E-state index contributed by atoms with van der Waals surface area (Å²) in [7, 11) is 0. The first-order valence-electron chi connectivity index (χ1n) is 12.1. The molecule has 7 rings (SSSR count). The van der Waals surface area contributed by atoms with E-state index in [1.165, 1.54) is 0 Å². The molecule has 5 heteroatoms. The molecule has 0 radical (unpaired) electrons. The lowest BCUT2D eigenvalue weighted by Crippen LogP contribution is -1.87. The van der Waals surface area contributed by atoms with Crippen LogP contribution in [0.4, 0.5) is 0 Å². The van der Waals surface area contributed by atoms with Gasteiger partial charge in [0.05, 0.1) is 22.8 Å². The molecule has 0 saturated carbocycles. The molecule has 0 atom stereocenters. The van der Waals surface area contributed by atoms with Crippen LogP contribution in [0.15, 0.2) is 91.0 Å². The number of phenols is 1. The van der Waals surface area contributed by atoms with E-state index in [1.807, 2.05) is 54.6 Å². The van der Waals surface area contributed by atoms with Gasteiger partial charge in [-0.1, -0.05) is 42.5 Å². The number of aromatic amines is 2. The summed E-state index contributed by atoms with van der Waals surface area (Å²) in [4.78, 5) is 17.0. The van der Waals surface area contributed by atoms with Crippen LogP contribution in [0.5, 0.6) is 5.75 Å². The molecule has 5 heterocycles. The lowest BCUT2D eigenvalue weighted by Gasteiger charge is -2.05. The molecule has 5 nitrogen and oxygen atoms in total. The van der Waals surface area contributed by atoms with Gasteiger partial charge >= 0.3 is 0 Å². The Labute approximate surface area is 213 Å². The minimum Gasteiger partial charge on any atom is -0.508 e. The highest BCUT2D eigenvalue weighted by molar-refractivity contribution is 5.95. The second-order valence-corrected chi connectivity index (χ2v) is 9.12. The van der Waals surface area contributed by atoms with Gasteiger partial charge in [0.1, 0.15) is 5.75 Å². The zero-order valence-electron chi connectivity index (χ0n) is 19.8. The summed E-state index contributed by atoms with van der Waals surface area (Å²) in [6.07, 6.45) is 8.17. The molecule has 0 fully saturated rings. The first-order chi connectivity index (χ1) is 18.2. The van der Waals surface area contributed by atoms with Gasteiger partial charge in [-0.3, -0.25) is 0 Å². The molecule has 0 unspecified atom stereocenters. The summed E-state index contributed by atoms with van der Waals surface area (Å²) in [5.74, 6) is 0.228. The highest BCUT2D eigenvalue weighted by atomic mass is 16.3. The Hall–Kier alpha value is -5.16. The molecule has 2 aliphatic rings. The second-order valence-electron chi connectivity index (χ2n) is 9.12. The van der Waals surface area contributed by atoms with Gasteiger partial charge in [-0.2, -0.15) is 0 Å². The highest BCUT2D eigenvalue weighted by Crippen LogP contribution is 2.34. The van der Waals surface area contributed by atoms with Crippen LogP contribution in [0, 0.1) is 0 Å². The smallest absolute Gasteiger partial charge is 0.115 e. The Kier molecular flexibility index (Phi) is 4.86. The van der Waals surface area contributed by atoms with Crippen LogP contribution in [0.25, 0.3) is 68.6 Å². The standard InChI is InChI=1S/C32H22N4O/c37-26-12-6-21(7-13-26)32-28-15-11-25(35-28)19-23-9-8-22(33-23)18-24-10-14-27(34-24)31(20-4-2-1-3-5-20)29-16-17-30(32)36-29/h1-19,34-35,37H. The van der Waals surface area contributed by atoms with Gasteiger partial charge in [-0.05, 0) is 84.0 Å². The lowest BCUT2D eigenvalue weighted by molar-refractivity contribution is 0.475. The molecule has 37 heavy (non-hydrogen) atoms. The maximum Gasteiger partial charge on any atom is 0.115 e. The van der Waals surface area contributed by atoms with Crippen LogP contribution >= 0.6 is 0 Å². The molecule has 2 aliphatic heterocycles. The predicted molar refractivity (Wildman–Crippen MR) is 151 cm³/mol. The van der Waals surface area contributed by atoms with E-state index in [0.717, 1.165) is 67.1 Å². The molecule has 176 valence electrons. The molecular formula is C32H22N4O. The summed E-state index contributed by atoms with van der Waals surface area (Å²) < 4.78 is 0. The molecule has 5 aromatic rings. The lowest BCUT2D eigenvalue weighted by atomic mass is 10.0. The van der Waals surface area contributed by atoms with E-state index in [-0.39, 0.29) is 5.75 Å². The summed E-state index contributed by atoms with van der Waals surface area (Å²) in [6.45, 7) is 0. The average molecular weight is 479 g/mol. The maximum absolute atomic E-state index is 9.91. The summed E-state index contributed by atoms with van der Waals surface area (Å²) in [5.41, 5.74) is 11.4. The molecule has 8 bridgehead atoms. The third-order valence-electron chi connectivity index (χ3n) is 6.62. The van der Waals surface area contributed by atoms with Crippen LogP contribution in [-0.2, 0) is 0 Å². The second kappa shape index (κ2) is 8.50. The average Bonchev–Trinajstić information content (AvgIpc) is 3.72. The third-order valence-corrected chi connectivity index (χ3v) is 6.62. The van der Waals surface area contributed by atoms with Crippen molar-refractivity contribution in [3.63, 3.8) is 0 Å². The molecule has 0 saturated heterocycles. The van der Waals surface area contributed by atoms with Gasteiger partial charge in [0.2, 0.25) is 0 Å². The first-order valence-corrected chi connectivity index (χ1v) is 12.1. The van der Waals surface area contributed by atoms with E-state index in [4.69, 9.17) is 9.97 Å². The maximum atomic E-state index is 9.91. The zero-order chi connectivity index (χ0) is 24.8. The van der Waals surface area contributed by atoms with Gasteiger partial charge in [0.25, 0.3) is 0 Å². The van der Waals surface area contributed by atoms with Crippen LogP contribution in [0.1, 0.15) is 22.8 Å². The van der Waals surface area contributed by atoms with Crippen LogP contribution in [-0.4, -0.2) is 25.0 Å². The fourth-order valence-corrected chi connectivity index (χ4v) is 4.91. The van der Waals surface area contributed by atoms with Crippen molar-refractivity contribution in [1.82, 2.24) is 19.9 Å². The zero-order valence-corrected chi connectivity index (χ0v) is 19.8. The Morgan fingerprint density at radius 1 is 0.514 bits per heavy atom. The summed E-state index contributed by atoms with van der Waals surface area (Å²) >= 11 is 0. The van der Waals surface area contributed by atoms with Crippen molar-refractivity contribution in [2.75, 3.05) is 0 Å². The molecule has 0 aliphatic carbocycles. The third kappa shape index (κ3) is 3.93. The van der Waals surface area contributed by atoms with Gasteiger partial charge in [-0.15, -0.1) is 0 Å². The van der Waals surface area contributed by atoms with Crippen molar-refractivity contribution >= 4 is 46.4 Å². The van der Waals surface area contributed by atoms with E-state index in [9.17, 15) is 5.11 Å². The van der Waals surface area contributed by atoms with Crippen molar-refractivity contribution in [2.45, 2.75) is 0 Å². The van der Waals surface area contributed by atoms with Gasteiger partial charge in [-0.25, -0.2) is 9.97 Å². The minimum absolute atomic E-state index is 0.228. The fraction of sp³-hybridized carbons (Fsp3) is 0. The molecule has 0 spiro atoms. The van der Waals surface area contributed by atoms with E-state index in [1.54, 1.807) is 12.1 Å². The van der Waals surface area contributed by atoms with Gasteiger partial charge in [0, 0.05) is 33.2 Å². The normalized spacial score (nSPS) is 12.2. The van der Waals surface area contributed by atoms with E-state index < -0.39 is 0 Å². The number of hydrogen-bond donors (Lipinski definition) is 3. The van der Waals surface area contributed by atoms with Crippen molar-refractivity contribution < 1.29 is 5.11 Å². The number of aromatic hydroxyl groups is 1. The number of phenolic OH excluding ortho intramolecular Hbond substituents is 1. The van der Waals surface area contributed by atoms with Crippen LogP contribution in [0.2, 0.25) is 0 Å². The molecule has 3 aromatic heterocycles. The SMILES string of the molecule is Oc1ccc(-c2c3nc(c(-c4ccccc4)c4ccc(cc5nc(cc6ccc2[nH]6)C=C5)[nH]4)C=C3)cc1.